The number of anilines is 1. The summed E-state index contributed by atoms with van der Waals surface area (Å²) in [6, 6.07) is 4.76. The van der Waals surface area contributed by atoms with E-state index in [2.05, 4.69) is 10.5 Å². The van der Waals surface area contributed by atoms with E-state index in [0.717, 1.165) is 25.9 Å². The van der Waals surface area contributed by atoms with Gasteiger partial charge in [0.15, 0.2) is 5.71 Å². The predicted octanol–water partition coefficient (Wildman–Crippen LogP) is 0.421. The minimum absolute atomic E-state index is 0.0506. The van der Waals surface area contributed by atoms with E-state index in [9.17, 15) is 9.59 Å². The minimum atomic E-state index is -0.943. The number of ether oxygens (including phenoxy) is 1. The molecule has 4 N–H and O–H groups in total. The molecule has 0 saturated carbocycles. The topological polar surface area (TPSA) is 117 Å². The molecule has 8 nitrogen and oxygen atoms in total. The van der Waals surface area contributed by atoms with Gasteiger partial charge >= 0.3 is 6.09 Å². The highest BCUT2D eigenvalue weighted by Crippen LogP contribution is 2.35. The number of nitrogens with two attached hydrogens (primary N) is 1. The number of rotatable bonds is 2. The first-order valence-corrected chi connectivity index (χ1v) is 7.00. The number of carbonyl (C=O) groups excluding carboxylic acids is 2. The second-order valence-electron chi connectivity index (χ2n) is 5.20. The highest BCUT2D eigenvalue weighted by atomic mass is 16.5. The van der Waals surface area contributed by atoms with Gasteiger partial charge in [-0.3, -0.25) is 4.79 Å². The zero-order valence-corrected chi connectivity index (χ0v) is 11.8. The van der Waals surface area contributed by atoms with Crippen molar-refractivity contribution in [2.75, 3.05) is 18.0 Å². The fourth-order valence-corrected chi connectivity index (χ4v) is 2.96. The van der Waals surface area contributed by atoms with Crippen LogP contribution in [0.2, 0.25) is 0 Å². The van der Waals surface area contributed by atoms with Gasteiger partial charge in [0, 0.05) is 11.6 Å². The Kier molecular flexibility index (Phi) is 3.68. The normalized spacial score (nSPS) is 20.3. The predicted molar refractivity (Wildman–Crippen MR) is 78.4 cm³/mol. The number of benzene rings is 1. The quantitative estimate of drug-likeness (QED) is 0.541. The average Bonchev–Trinajstić information content (AvgIpc) is 2.78. The minimum Gasteiger partial charge on any atom is -0.410 e. The third-order valence-electron chi connectivity index (χ3n) is 3.90. The van der Waals surface area contributed by atoms with Crippen LogP contribution in [0.25, 0.3) is 0 Å². The smallest absolute Gasteiger partial charge is 0.409 e. The van der Waals surface area contributed by atoms with Crippen molar-refractivity contribution in [2.24, 2.45) is 10.9 Å². The Labute approximate surface area is 126 Å². The van der Waals surface area contributed by atoms with Crippen molar-refractivity contribution in [3.63, 3.8) is 0 Å². The van der Waals surface area contributed by atoms with Crippen molar-refractivity contribution in [3.05, 3.63) is 23.8 Å². The van der Waals surface area contributed by atoms with Gasteiger partial charge in [-0.15, -0.1) is 0 Å². The summed E-state index contributed by atoms with van der Waals surface area (Å²) in [5, 5.41) is 15.5. The number of fused-ring (bicyclic) bond motifs is 1. The summed E-state index contributed by atoms with van der Waals surface area (Å²) >= 11 is 0. The molecule has 0 spiro atoms. The zero-order chi connectivity index (χ0) is 15.7. The molecule has 0 radical (unpaired) electrons. The fourth-order valence-electron chi connectivity index (χ4n) is 2.96. The fraction of sp³-hybridized carbons (Fsp3) is 0.357. The van der Waals surface area contributed by atoms with Crippen LogP contribution in [0.1, 0.15) is 18.4 Å². The summed E-state index contributed by atoms with van der Waals surface area (Å²) < 4.78 is 4.81. The second-order valence-corrected chi connectivity index (χ2v) is 5.20. The van der Waals surface area contributed by atoms with Gasteiger partial charge in [-0.25, -0.2) is 4.79 Å². The number of piperidine rings is 1. The monoisotopic (exact) mass is 304 g/mol. The van der Waals surface area contributed by atoms with Crippen LogP contribution in [0.3, 0.4) is 0 Å². The molecule has 1 aromatic carbocycles. The molecule has 1 saturated heterocycles. The van der Waals surface area contributed by atoms with Crippen molar-refractivity contribution in [3.8, 4) is 5.75 Å². The first kappa shape index (κ1) is 14.3. The van der Waals surface area contributed by atoms with Crippen LogP contribution >= 0.6 is 0 Å². The van der Waals surface area contributed by atoms with Crippen molar-refractivity contribution < 1.29 is 19.5 Å². The Morgan fingerprint density at radius 3 is 2.77 bits per heavy atom. The van der Waals surface area contributed by atoms with E-state index in [1.54, 1.807) is 17.0 Å². The summed E-state index contributed by atoms with van der Waals surface area (Å²) in [6.45, 7) is 1.66. The highest BCUT2D eigenvalue weighted by molar-refractivity contribution is 6.54. The molecule has 2 aliphatic rings. The van der Waals surface area contributed by atoms with E-state index < -0.39 is 6.09 Å². The Morgan fingerprint density at radius 1 is 1.41 bits per heavy atom. The lowest BCUT2D eigenvalue weighted by atomic mass is 10.0. The third kappa shape index (κ3) is 2.37. The summed E-state index contributed by atoms with van der Waals surface area (Å²) in [5.74, 6) is -0.145. The van der Waals surface area contributed by atoms with Gasteiger partial charge in [0.05, 0.1) is 5.69 Å². The molecule has 0 aromatic heterocycles. The SMILES string of the molecule is NC(=O)Oc1ccc2c(c1)/C(=N/O)C(=O)N2C1CCNCC1. The van der Waals surface area contributed by atoms with Gasteiger partial charge in [-0.05, 0) is 44.1 Å². The maximum atomic E-state index is 12.5. The first-order chi connectivity index (χ1) is 10.6. The van der Waals surface area contributed by atoms with Crippen LogP contribution in [0.15, 0.2) is 23.4 Å². The van der Waals surface area contributed by atoms with Gasteiger partial charge < -0.3 is 25.9 Å². The molecule has 8 heteroatoms. The summed E-state index contributed by atoms with van der Waals surface area (Å²) in [4.78, 5) is 25.0. The number of carbonyl (C=O) groups is 2. The largest absolute Gasteiger partial charge is 0.410 e. The molecule has 116 valence electrons. The van der Waals surface area contributed by atoms with E-state index in [0.29, 0.717) is 11.3 Å². The van der Waals surface area contributed by atoms with Crippen molar-refractivity contribution in [1.82, 2.24) is 5.32 Å². The number of nitrogens with zero attached hydrogens (tertiary/aromatic N) is 2. The molecule has 1 fully saturated rings. The standard InChI is InChI=1S/C14H16N4O4/c15-14(20)22-9-1-2-11-10(7-9)12(17-21)13(19)18(11)8-3-5-16-6-4-8/h1-2,7-8,16,21H,3-6H2,(H2,15,20)/b17-12-. The average molecular weight is 304 g/mol. The van der Waals surface area contributed by atoms with Crippen LogP contribution in [-0.2, 0) is 4.79 Å². The Balaban J connectivity index is 2.00. The Morgan fingerprint density at radius 2 is 2.14 bits per heavy atom. The molecule has 0 atom stereocenters. The summed E-state index contributed by atoms with van der Waals surface area (Å²) in [5.41, 5.74) is 6.02. The van der Waals surface area contributed by atoms with Crippen LogP contribution < -0.4 is 20.7 Å². The van der Waals surface area contributed by atoms with Gasteiger partial charge in [0.1, 0.15) is 5.75 Å². The number of nitrogens with one attached hydrogen (secondary N) is 1. The summed E-state index contributed by atoms with van der Waals surface area (Å²) in [7, 11) is 0. The van der Waals surface area contributed by atoms with Gasteiger partial charge in [-0.1, -0.05) is 5.16 Å². The maximum absolute atomic E-state index is 12.5. The van der Waals surface area contributed by atoms with Gasteiger partial charge in [0.2, 0.25) is 0 Å². The molecule has 1 aromatic rings. The third-order valence-corrected chi connectivity index (χ3v) is 3.90. The van der Waals surface area contributed by atoms with E-state index in [-0.39, 0.29) is 23.4 Å². The lowest BCUT2D eigenvalue weighted by Gasteiger charge is -2.31. The van der Waals surface area contributed by atoms with Gasteiger partial charge in [0.25, 0.3) is 5.91 Å². The molecule has 3 rings (SSSR count). The number of hydrogen-bond donors (Lipinski definition) is 3. The molecule has 22 heavy (non-hydrogen) atoms. The zero-order valence-electron chi connectivity index (χ0n) is 11.8. The second kappa shape index (κ2) is 5.64. The number of oxime groups is 1. The van der Waals surface area contributed by atoms with Gasteiger partial charge in [-0.2, -0.15) is 0 Å². The summed E-state index contributed by atoms with van der Waals surface area (Å²) in [6.07, 6.45) is 0.703. The van der Waals surface area contributed by atoms with Crippen LogP contribution in [0.4, 0.5) is 10.5 Å². The number of hydrogen-bond acceptors (Lipinski definition) is 6. The maximum Gasteiger partial charge on any atom is 0.409 e. The molecular weight excluding hydrogens is 288 g/mol. The van der Waals surface area contributed by atoms with Crippen molar-refractivity contribution in [2.45, 2.75) is 18.9 Å². The Hall–Kier alpha value is -2.61. The number of amides is 2. The molecule has 0 unspecified atom stereocenters. The van der Waals surface area contributed by atoms with Crippen molar-refractivity contribution >= 4 is 23.4 Å². The van der Waals surface area contributed by atoms with Crippen LogP contribution in [0, 0.1) is 0 Å². The molecular formula is C14H16N4O4. The molecule has 2 aliphatic heterocycles. The molecule has 2 amide bonds. The lowest BCUT2D eigenvalue weighted by molar-refractivity contribution is -0.112. The van der Waals surface area contributed by atoms with E-state index in [4.69, 9.17) is 15.7 Å². The van der Waals surface area contributed by atoms with E-state index in [1.165, 1.54) is 6.07 Å². The molecule has 0 bridgehead atoms. The number of primary amides is 1. The first-order valence-electron chi connectivity index (χ1n) is 7.00. The van der Waals surface area contributed by atoms with E-state index >= 15 is 0 Å². The Bertz CT molecular complexity index is 652. The van der Waals surface area contributed by atoms with Crippen molar-refractivity contribution in [1.29, 1.82) is 0 Å². The lowest BCUT2D eigenvalue weighted by Crippen LogP contribution is -2.45. The molecule has 2 heterocycles. The van der Waals surface area contributed by atoms with E-state index in [1.807, 2.05) is 0 Å². The highest BCUT2D eigenvalue weighted by Gasteiger charge is 2.39. The van der Waals surface area contributed by atoms with Crippen LogP contribution in [0.5, 0.6) is 5.75 Å². The molecule has 0 aliphatic carbocycles. The van der Waals surface area contributed by atoms with Crippen LogP contribution in [-0.4, -0.2) is 42.1 Å².